The molecule has 0 aromatic heterocycles. The van der Waals surface area contributed by atoms with Gasteiger partial charge in [-0.2, -0.15) is 0 Å². The summed E-state index contributed by atoms with van der Waals surface area (Å²) in [5, 5.41) is 1.08. The van der Waals surface area contributed by atoms with E-state index in [1.165, 1.54) is 43.2 Å². The lowest BCUT2D eigenvalue weighted by Gasteiger charge is -2.36. The lowest BCUT2D eigenvalue weighted by molar-refractivity contribution is 0.326. The molecule has 0 radical (unpaired) electrons. The number of methoxy groups -OCH3 is 1. The van der Waals surface area contributed by atoms with E-state index in [4.69, 9.17) is 4.74 Å². The van der Waals surface area contributed by atoms with Gasteiger partial charge in [0, 0.05) is 10.7 Å². The Bertz CT molecular complexity index is 394. The van der Waals surface area contributed by atoms with E-state index in [1.807, 2.05) is 0 Å². The van der Waals surface area contributed by atoms with Gasteiger partial charge in [0.2, 0.25) is 0 Å². The number of benzene rings is 1. The first-order valence-electron chi connectivity index (χ1n) is 6.99. The molecule has 1 aromatic carbocycles. The summed E-state index contributed by atoms with van der Waals surface area (Å²) in [6.45, 7) is 2.20. The minimum Gasteiger partial charge on any atom is -0.496 e. The molecule has 0 saturated heterocycles. The molecule has 2 heteroatoms. The molecule has 0 unspecified atom stereocenters. The van der Waals surface area contributed by atoms with Crippen molar-refractivity contribution in [3.63, 3.8) is 0 Å². The van der Waals surface area contributed by atoms with Crippen LogP contribution in [0.5, 0.6) is 5.75 Å². The van der Waals surface area contributed by atoms with Gasteiger partial charge in [-0.05, 0) is 36.5 Å². The molecule has 0 aliphatic heterocycles. The Morgan fingerprint density at radius 3 is 2.50 bits per heavy atom. The summed E-state index contributed by atoms with van der Waals surface area (Å²) in [4.78, 5) is 0. The summed E-state index contributed by atoms with van der Waals surface area (Å²) >= 11 is 3.76. The van der Waals surface area contributed by atoms with Crippen LogP contribution >= 0.6 is 15.9 Å². The SMILES string of the molecule is CCc1cc(C2(CBr)CCCCC2)ccc1OC. The van der Waals surface area contributed by atoms with Gasteiger partial charge in [0.25, 0.3) is 0 Å². The molecule has 0 N–H and O–H groups in total. The van der Waals surface area contributed by atoms with Gasteiger partial charge in [-0.25, -0.2) is 0 Å². The van der Waals surface area contributed by atoms with Gasteiger partial charge in [0.05, 0.1) is 7.11 Å². The van der Waals surface area contributed by atoms with Crippen LogP contribution in [-0.2, 0) is 11.8 Å². The largest absolute Gasteiger partial charge is 0.496 e. The number of ether oxygens (including phenoxy) is 1. The number of rotatable bonds is 4. The highest BCUT2D eigenvalue weighted by atomic mass is 79.9. The van der Waals surface area contributed by atoms with Crippen molar-refractivity contribution in [3.05, 3.63) is 29.3 Å². The number of halogens is 1. The van der Waals surface area contributed by atoms with Gasteiger partial charge >= 0.3 is 0 Å². The second-order valence-electron chi connectivity index (χ2n) is 5.35. The smallest absolute Gasteiger partial charge is 0.122 e. The van der Waals surface area contributed by atoms with E-state index in [9.17, 15) is 0 Å². The average Bonchev–Trinajstić information content (AvgIpc) is 2.47. The standard InChI is InChI=1S/C16H23BrO/c1-3-13-11-14(7-8-15(13)18-2)16(12-17)9-5-4-6-10-16/h7-8,11H,3-6,9-10,12H2,1-2H3. The third-order valence-corrected chi connectivity index (χ3v) is 5.41. The van der Waals surface area contributed by atoms with Crippen LogP contribution in [0.1, 0.15) is 50.2 Å². The molecule has 1 aliphatic rings. The van der Waals surface area contributed by atoms with Gasteiger partial charge in [0.1, 0.15) is 5.75 Å². The summed E-state index contributed by atoms with van der Waals surface area (Å²) in [6, 6.07) is 6.78. The van der Waals surface area contributed by atoms with Crippen molar-refractivity contribution < 1.29 is 4.74 Å². The quantitative estimate of drug-likeness (QED) is 0.722. The summed E-state index contributed by atoms with van der Waals surface area (Å²) in [5.41, 5.74) is 3.19. The Labute approximate surface area is 119 Å². The molecular weight excluding hydrogens is 288 g/mol. The third-order valence-electron chi connectivity index (χ3n) is 4.34. The Morgan fingerprint density at radius 1 is 1.22 bits per heavy atom. The molecule has 0 bridgehead atoms. The zero-order valence-electron chi connectivity index (χ0n) is 11.5. The van der Waals surface area contributed by atoms with Crippen molar-refractivity contribution >= 4 is 15.9 Å². The first kappa shape index (κ1) is 13.9. The summed E-state index contributed by atoms with van der Waals surface area (Å²) in [6.07, 6.45) is 7.78. The average molecular weight is 311 g/mol. The zero-order chi connectivity index (χ0) is 13.0. The Morgan fingerprint density at radius 2 is 1.94 bits per heavy atom. The molecule has 1 saturated carbocycles. The second kappa shape index (κ2) is 6.10. The number of hydrogen-bond acceptors (Lipinski definition) is 1. The van der Waals surface area contributed by atoms with Crippen molar-refractivity contribution in [1.29, 1.82) is 0 Å². The molecule has 18 heavy (non-hydrogen) atoms. The molecule has 2 rings (SSSR count). The molecule has 1 aliphatic carbocycles. The van der Waals surface area contributed by atoms with Crippen LogP contribution in [0, 0.1) is 0 Å². The second-order valence-corrected chi connectivity index (χ2v) is 5.92. The maximum Gasteiger partial charge on any atom is 0.122 e. The van der Waals surface area contributed by atoms with Crippen LogP contribution in [0.15, 0.2) is 18.2 Å². The molecule has 0 atom stereocenters. The minimum atomic E-state index is 0.356. The normalized spacial score (nSPS) is 18.6. The van der Waals surface area contributed by atoms with Gasteiger partial charge in [0.15, 0.2) is 0 Å². The number of hydrogen-bond donors (Lipinski definition) is 0. The van der Waals surface area contributed by atoms with Crippen molar-refractivity contribution in [2.75, 3.05) is 12.4 Å². The fourth-order valence-corrected chi connectivity index (χ4v) is 4.00. The maximum atomic E-state index is 5.43. The fraction of sp³-hybridized carbons (Fsp3) is 0.625. The van der Waals surface area contributed by atoms with E-state index in [0.29, 0.717) is 5.41 Å². The lowest BCUT2D eigenvalue weighted by atomic mass is 9.70. The van der Waals surface area contributed by atoms with Gasteiger partial charge in [-0.3, -0.25) is 0 Å². The molecular formula is C16H23BrO. The maximum absolute atomic E-state index is 5.43. The van der Waals surface area contributed by atoms with Crippen LogP contribution in [-0.4, -0.2) is 12.4 Å². The predicted octanol–water partition coefficient (Wildman–Crippen LogP) is 4.85. The monoisotopic (exact) mass is 310 g/mol. The molecule has 100 valence electrons. The summed E-state index contributed by atoms with van der Waals surface area (Å²) in [7, 11) is 1.76. The topological polar surface area (TPSA) is 9.23 Å². The van der Waals surface area contributed by atoms with Crippen LogP contribution in [0.4, 0.5) is 0 Å². The van der Waals surface area contributed by atoms with E-state index in [2.05, 4.69) is 41.1 Å². The highest BCUT2D eigenvalue weighted by Crippen LogP contribution is 2.42. The van der Waals surface area contributed by atoms with Crippen LogP contribution in [0.3, 0.4) is 0 Å². The zero-order valence-corrected chi connectivity index (χ0v) is 13.1. The Hall–Kier alpha value is -0.500. The van der Waals surface area contributed by atoms with E-state index in [-0.39, 0.29) is 0 Å². The highest BCUT2D eigenvalue weighted by Gasteiger charge is 2.33. The third kappa shape index (κ3) is 2.59. The number of aryl methyl sites for hydroxylation is 1. The van der Waals surface area contributed by atoms with Crippen LogP contribution < -0.4 is 4.74 Å². The molecule has 0 heterocycles. The van der Waals surface area contributed by atoms with E-state index in [1.54, 1.807) is 7.11 Å². The van der Waals surface area contributed by atoms with E-state index < -0.39 is 0 Å². The fourth-order valence-electron chi connectivity index (χ4n) is 3.11. The number of alkyl halides is 1. The molecule has 0 spiro atoms. The van der Waals surface area contributed by atoms with Crippen LogP contribution in [0.2, 0.25) is 0 Å². The first-order valence-corrected chi connectivity index (χ1v) is 8.11. The lowest BCUT2D eigenvalue weighted by Crippen LogP contribution is -2.30. The predicted molar refractivity (Wildman–Crippen MR) is 80.9 cm³/mol. The Kier molecular flexibility index (Phi) is 4.71. The van der Waals surface area contributed by atoms with Crippen molar-refractivity contribution in [1.82, 2.24) is 0 Å². The van der Waals surface area contributed by atoms with Crippen molar-refractivity contribution in [3.8, 4) is 5.75 Å². The minimum absolute atomic E-state index is 0.356. The van der Waals surface area contributed by atoms with Crippen LogP contribution in [0.25, 0.3) is 0 Å². The molecule has 0 amide bonds. The molecule has 1 nitrogen and oxygen atoms in total. The molecule has 1 aromatic rings. The van der Waals surface area contributed by atoms with Crippen molar-refractivity contribution in [2.45, 2.75) is 50.9 Å². The Balaban J connectivity index is 2.36. The molecule has 1 fully saturated rings. The van der Waals surface area contributed by atoms with E-state index in [0.717, 1.165) is 17.5 Å². The van der Waals surface area contributed by atoms with Crippen molar-refractivity contribution in [2.24, 2.45) is 0 Å². The van der Waals surface area contributed by atoms with Gasteiger partial charge < -0.3 is 4.74 Å². The van der Waals surface area contributed by atoms with E-state index >= 15 is 0 Å². The highest BCUT2D eigenvalue weighted by molar-refractivity contribution is 9.09. The van der Waals surface area contributed by atoms with Gasteiger partial charge in [-0.15, -0.1) is 0 Å². The van der Waals surface area contributed by atoms with Gasteiger partial charge in [-0.1, -0.05) is 54.2 Å². The summed E-state index contributed by atoms with van der Waals surface area (Å²) in [5.74, 6) is 1.03. The summed E-state index contributed by atoms with van der Waals surface area (Å²) < 4.78 is 5.43. The first-order chi connectivity index (χ1) is 8.75.